The minimum Gasteiger partial charge on any atom is -0.289 e. The highest BCUT2D eigenvalue weighted by Crippen LogP contribution is 2.38. The summed E-state index contributed by atoms with van der Waals surface area (Å²) in [6.45, 7) is -2.86. The summed E-state index contributed by atoms with van der Waals surface area (Å²) in [5.74, 6) is -0.366. The van der Waals surface area contributed by atoms with Crippen LogP contribution in [0.15, 0.2) is 82.8 Å². The Morgan fingerprint density at radius 2 is 1.70 bits per heavy atom. The maximum Gasteiger partial charge on any atom is 0.321 e. The fraction of sp³-hybridized carbons (Fsp3) is 0.0476. The summed E-state index contributed by atoms with van der Waals surface area (Å²) >= 11 is 0.758. The zero-order chi connectivity index (χ0) is 21.3. The first-order valence-electron chi connectivity index (χ1n) is 8.77. The van der Waals surface area contributed by atoms with Crippen molar-refractivity contribution in [3.05, 3.63) is 94.0 Å². The number of para-hydroxylation sites is 2. The Balaban J connectivity index is 1.75. The molecule has 6 nitrogen and oxygen atoms in total. The van der Waals surface area contributed by atoms with Gasteiger partial charge in [-0.2, -0.15) is 8.78 Å². The largest absolute Gasteiger partial charge is 0.321 e. The Hall–Kier alpha value is -3.59. The van der Waals surface area contributed by atoms with Crippen molar-refractivity contribution < 1.29 is 18.5 Å². The number of fused-ring (bicyclic) bond motifs is 1. The first-order valence-corrected chi connectivity index (χ1v) is 9.58. The summed E-state index contributed by atoms with van der Waals surface area (Å²) in [4.78, 5) is 27.9. The van der Waals surface area contributed by atoms with Gasteiger partial charge in [-0.1, -0.05) is 42.5 Å². The first kappa shape index (κ1) is 19.7. The van der Waals surface area contributed by atoms with Gasteiger partial charge in [0, 0.05) is 17.2 Å². The molecule has 0 aliphatic carbocycles. The molecule has 0 N–H and O–H groups in total. The van der Waals surface area contributed by atoms with Crippen LogP contribution in [-0.4, -0.2) is 20.3 Å². The summed E-state index contributed by atoms with van der Waals surface area (Å²) in [6, 6.07) is 18.7. The number of hydrogen-bond donors (Lipinski definition) is 0. The molecule has 0 unspecified atom stereocenters. The molecule has 0 saturated heterocycles. The van der Waals surface area contributed by atoms with E-state index in [4.69, 9.17) is 0 Å². The second-order valence-electron chi connectivity index (χ2n) is 6.27. The molecule has 0 radical (unpaired) electrons. The molecule has 1 heterocycles. The quantitative estimate of drug-likeness (QED) is 0.224. The topological polar surface area (TPSA) is 78.0 Å². The van der Waals surface area contributed by atoms with Gasteiger partial charge in [0.1, 0.15) is 0 Å². The smallest absolute Gasteiger partial charge is 0.289 e. The van der Waals surface area contributed by atoms with Crippen LogP contribution in [0, 0.1) is 10.1 Å². The van der Waals surface area contributed by atoms with E-state index in [2.05, 4.69) is 4.98 Å². The third kappa shape index (κ3) is 3.67. The molecular formula is C21H13F2N3O3S. The number of alkyl halides is 2. The average molecular weight is 425 g/mol. The highest BCUT2D eigenvalue weighted by atomic mass is 32.2. The van der Waals surface area contributed by atoms with Crippen molar-refractivity contribution in [2.75, 3.05) is 0 Å². The highest BCUT2D eigenvalue weighted by molar-refractivity contribution is 7.99. The molecule has 1 aromatic heterocycles. The van der Waals surface area contributed by atoms with Gasteiger partial charge in [0.15, 0.2) is 10.9 Å². The molecule has 0 atom stereocenters. The van der Waals surface area contributed by atoms with Crippen molar-refractivity contribution in [3.63, 3.8) is 0 Å². The van der Waals surface area contributed by atoms with E-state index in [0.717, 1.165) is 22.4 Å². The minimum atomic E-state index is -2.86. The number of rotatable bonds is 6. The van der Waals surface area contributed by atoms with Crippen LogP contribution in [0.25, 0.3) is 11.0 Å². The molecule has 0 bridgehead atoms. The predicted octanol–water partition coefficient (Wildman–Crippen LogP) is 5.72. The van der Waals surface area contributed by atoms with Crippen LogP contribution in [0.2, 0.25) is 0 Å². The van der Waals surface area contributed by atoms with Gasteiger partial charge in [0.05, 0.1) is 20.9 Å². The van der Waals surface area contributed by atoms with Crippen LogP contribution in [0.1, 0.15) is 22.5 Å². The third-order valence-corrected chi connectivity index (χ3v) is 5.45. The van der Waals surface area contributed by atoms with E-state index < -0.39 is 11.5 Å². The molecule has 4 aromatic rings. The van der Waals surface area contributed by atoms with Crippen molar-refractivity contribution in [1.29, 1.82) is 0 Å². The number of imidazole rings is 1. The SMILES string of the molecule is O=C(c1ccccc1)c1ccc(Sc2nc3ccccc3n2C(F)F)c([N+](=O)[O-])c1. The summed E-state index contributed by atoms with van der Waals surface area (Å²) < 4.78 is 28.0. The first-order chi connectivity index (χ1) is 14.5. The normalized spacial score (nSPS) is 11.2. The summed E-state index contributed by atoms with van der Waals surface area (Å²) in [7, 11) is 0. The fourth-order valence-electron chi connectivity index (χ4n) is 3.03. The third-order valence-electron chi connectivity index (χ3n) is 4.41. The van der Waals surface area contributed by atoms with E-state index >= 15 is 0 Å². The summed E-state index contributed by atoms with van der Waals surface area (Å²) in [5.41, 5.74) is 0.772. The van der Waals surface area contributed by atoms with Gasteiger partial charge in [-0.05, 0) is 36.0 Å². The number of ketones is 1. The van der Waals surface area contributed by atoms with E-state index in [1.807, 2.05) is 0 Å². The van der Waals surface area contributed by atoms with Crippen LogP contribution in [0.4, 0.5) is 14.5 Å². The van der Waals surface area contributed by atoms with Gasteiger partial charge in [-0.3, -0.25) is 19.5 Å². The predicted molar refractivity (Wildman–Crippen MR) is 108 cm³/mol. The number of carbonyl (C=O) groups is 1. The zero-order valence-electron chi connectivity index (χ0n) is 15.2. The standard InChI is InChI=1S/C21H13F2N3O3S/c22-20(23)25-16-9-5-4-8-15(16)24-21(25)30-18-11-10-14(12-17(18)26(28)29)19(27)13-6-2-1-3-7-13/h1-12,20H. The lowest BCUT2D eigenvalue weighted by Crippen LogP contribution is -2.03. The van der Waals surface area contributed by atoms with Gasteiger partial charge in [-0.25, -0.2) is 4.98 Å². The Morgan fingerprint density at radius 3 is 2.40 bits per heavy atom. The molecule has 3 aromatic carbocycles. The number of aromatic nitrogens is 2. The van der Waals surface area contributed by atoms with Crippen LogP contribution in [-0.2, 0) is 0 Å². The highest BCUT2D eigenvalue weighted by Gasteiger charge is 2.24. The molecule has 0 saturated carbocycles. The average Bonchev–Trinajstić information content (AvgIpc) is 3.12. The Bertz CT molecular complexity index is 1260. The zero-order valence-corrected chi connectivity index (χ0v) is 16.1. The molecule has 0 aliphatic rings. The molecule has 9 heteroatoms. The Morgan fingerprint density at radius 1 is 1.00 bits per heavy atom. The number of hydrogen-bond acceptors (Lipinski definition) is 5. The van der Waals surface area contributed by atoms with Gasteiger partial charge >= 0.3 is 6.55 Å². The van der Waals surface area contributed by atoms with Crippen molar-refractivity contribution in [2.45, 2.75) is 16.6 Å². The molecule has 0 fully saturated rings. The maximum absolute atomic E-state index is 13.6. The molecule has 30 heavy (non-hydrogen) atoms. The second-order valence-corrected chi connectivity index (χ2v) is 7.28. The Labute approximate surface area is 173 Å². The van der Waals surface area contributed by atoms with Crippen molar-refractivity contribution in [3.8, 4) is 0 Å². The number of nitrogens with zero attached hydrogens (tertiary/aromatic N) is 3. The van der Waals surface area contributed by atoms with E-state index in [-0.39, 0.29) is 32.6 Å². The lowest BCUT2D eigenvalue weighted by Gasteiger charge is -2.08. The number of nitro benzene ring substituents is 1. The monoisotopic (exact) mass is 425 g/mol. The van der Waals surface area contributed by atoms with Crippen LogP contribution < -0.4 is 0 Å². The maximum atomic E-state index is 13.6. The lowest BCUT2D eigenvalue weighted by atomic mass is 10.0. The minimum absolute atomic E-state index is 0.0727. The number of carbonyl (C=O) groups excluding carboxylic acids is 1. The van der Waals surface area contributed by atoms with Gasteiger partial charge < -0.3 is 0 Å². The van der Waals surface area contributed by atoms with Gasteiger partial charge in [0.25, 0.3) is 5.69 Å². The van der Waals surface area contributed by atoms with Crippen molar-refractivity contribution in [2.24, 2.45) is 0 Å². The molecule has 0 spiro atoms. The molecule has 0 amide bonds. The summed E-state index contributed by atoms with van der Waals surface area (Å²) in [6.07, 6.45) is 0. The summed E-state index contributed by atoms with van der Waals surface area (Å²) in [5, 5.41) is 11.5. The van der Waals surface area contributed by atoms with Crippen molar-refractivity contribution in [1.82, 2.24) is 9.55 Å². The van der Waals surface area contributed by atoms with Gasteiger partial charge in [-0.15, -0.1) is 0 Å². The van der Waals surface area contributed by atoms with Crippen LogP contribution >= 0.6 is 11.8 Å². The van der Waals surface area contributed by atoms with Crippen LogP contribution in [0.3, 0.4) is 0 Å². The van der Waals surface area contributed by atoms with E-state index in [1.54, 1.807) is 48.5 Å². The Kier molecular flexibility index (Phi) is 5.28. The second kappa shape index (κ2) is 8.03. The number of nitro groups is 1. The number of halogens is 2. The molecular weight excluding hydrogens is 412 g/mol. The van der Waals surface area contributed by atoms with Crippen LogP contribution in [0.5, 0.6) is 0 Å². The molecule has 150 valence electrons. The fourth-order valence-corrected chi connectivity index (χ4v) is 4.02. The number of benzene rings is 3. The van der Waals surface area contributed by atoms with Gasteiger partial charge in [0.2, 0.25) is 0 Å². The molecule has 0 aliphatic heterocycles. The van der Waals surface area contributed by atoms with E-state index in [1.165, 1.54) is 18.2 Å². The van der Waals surface area contributed by atoms with E-state index in [9.17, 15) is 23.7 Å². The van der Waals surface area contributed by atoms with E-state index in [0.29, 0.717) is 11.1 Å². The lowest BCUT2D eigenvalue weighted by molar-refractivity contribution is -0.387. The molecule has 4 rings (SSSR count). The van der Waals surface area contributed by atoms with Crippen molar-refractivity contribution >= 4 is 34.3 Å².